The van der Waals surface area contributed by atoms with Crippen molar-refractivity contribution in [1.29, 1.82) is 0 Å². The van der Waals surface area contributed by atoms with Gasteiger partial charge in [0.25, 0.3) is 0 Å². The number of hydrogen-bond acceptors (Lipinski definition) is 3. The lowest BCUT2D eigenvalue weighted by molar-refractivity contribution is 0.159. The van der Waals surface area contributed by atoms with E-state index in [9.17, 15) is 0 Å². The van der Waals surface area contributed by atoms with Gasteiger partial charge >= 0.3 is 0 Å². The molecule has 0 bridgehead atoms. The first-order valence-electron chi connectivity index (χ1n) is 8.36. The highest BCUT2D eigenvalue weighted by atomic mass is 15.4. The summed E-state index contributed by atoms with van der Waals surface area (Å²) in [6, 6.07) is 0.561. The number of aryl methyl sites for hydroxylation is 1. The topological polar surface area (TPSA) is 34.0 Å². The first-order chi connectivity index (χ1) is 9.72. The van der Waals surface area contributed by atoms with Gasteiger partial charge in [0.1, 0.15) is 0 Å². The minimum absolute atomic E-state index is 0.561. The summed E-state index contributed by atoms with van der Waals surface area (Å²) in [7, 11) is 0. The quantitative estimate of drug-likeness (QED) is 0.767. The minimum Gasteiger partial charge on any atom is -0.303 e. The molecule has 2 heterocycles. The Bertz CT molecular complexity index is 380. The van der Waals surface area contributed by atoms with Gasteiger partial charge in [0, 0.05) is 25.8 Å². The predicted molar refractivity (Wildman–Crippen MR) is 82.8 cm³/mol. The van der Waals surface area contributed by atoms with E-state index in [4.69, 9.17) is 0 Å². The molecule has 0 aliphatic carbocycles. The fourth-order valence-electron chi connectivity index (χ4n) is 2.90. The molecule has 1 fully saturated rings. The van der Waals surface area contributed by atoms with Crippen LogP contribution in [0.3, 0.4) is 0 Å². The van der Waals surface area contributed by atoms with Crippen molar-refractivity contribution in [3.8, 4) is 0 Å². The Labute approximate surface area is 123 Å². The Balaban J connectivity index is 1.79. The van der Waals surface area contributed by atoms with E-state index in [-0.39, 0.29) is 0 Å². The summed E-state index contributed by atoms with van der Waals surface area (Å²) < 4.78 is 2.12. The van der Waals surface area contributed by atoms with Crippen molar-refractivity contribution in [2.75, 3.05) is 19.6 Å². The number of piperidine rings is 1. The Morgan fingerprint density at radius 2 is 2.05 bits per heavy atom. The van der Waals surface area contributed by atoms with Crippen molar-refractivity contribution in [2.45, 2.75) is 65.3 Å². The van der Waals surface area contributed by atoms with Crippen LogP contribution < -0.4 is 0 Å². The molecule has 2 rings (SSSR count). The van der Waals surface area contributed by atoms with E-state index >= 15 is 0 Å². The molecule has 0 saturated carbocycles. The van der Waals surface area contributed by atoms with Crippen molar-refractivity contribution in [2.24, 2.45) is 5.92 Å². The fourth-order valence-corrected chi connectivity index (χ4v) is 2.90. The summed E-state index contributed by atoms with van der Waals surface area (Å²) in [5.41, 5.74) is 1.16. The predicted octanol–water partition coefficient (Wildman–Crippen LogP) is 3.30. The molecule has 0 spiro atoms. The van der Waals surface area contributed by atoms with E-state index in [0.29, 0.717) is 6.04 Å². The molecular formula is C16H30N4. The molecular weight excluding hydrogens is 248 g/mol. The minimum atomic E-state index is 0.561. The Morgan fingerprint density at radius 1 is 1.30 bits per heavy atom. The Hall–Kier alpha value is -0.900. The van der Waals surface area contributed by atoms with Gasteiger partial charge in [-0.25, -0.2) is 4.68 Å². The van der Waals surface area contributed by atoms with Crippen LogP contribution in [0.4, 0.5) is 0 Å². The van der Waals surface area contributed by atoms with Crippen LogP contribution >= 0.6 is 0 Å². The van der Waals surface area contributed by atoms with E-state index in [1.165, 1.54) is 51.7 Å². The molecule has 1 aromatic heterocycles. The zero-order valence-electron chi connectivity index (χ0n) is 13.4. The van der Waals surface area contributed by atoms with Crippen molar-refractivity contribution in [3.05, 3.63) is 11.9 Å². The van der Waals surface area contributed by atoms with E-state index in [0.717, 1.165) is 18.0 Å². The molecule has 1 atom stereocenters. The lowest BCUT2D eigenvalue weighted by Gasteiger charge is -2.33. The number of hydrogen-bond donors (Lipinski definition) is 0. The summed E-state index contributed by atoms with van der Waals surface area (Å²) in [6.07, 6.45) is 9.39. The van der Waals surface area contributed by atoms with Gasteiger partial charge in [0.05, 0.1) is 11.7 Å². The van der Waals surface area contributed by atoms with Crippen molar-refractivity contribution < 1.29 is 0 Å². The average Bonchev–Trinajstić information content (AvgIpc) is 2.94. The van der Waals surface area contributed by atoms with E-state index < -0.39 is 0 Å². The zero-order chi connectivity index (χ0) is 14.4. The van der Waals surface area contributed by atoms with Gasteiger partial charge in [-0.2, -0.15) is 0 Å². The van der Waals surface area contributed by atoms with Gasteiger partial charge in [-0.1, -0.05) is 38.8 Å². The second-order valence-corrected chi connectivity index (χ2v) is 6.34. The third-order valence-corrected chi connectivity index (χ3v) is 4.54. The first-order valence-corrected chi connectivity index (χ1v) is 8.36. The van der Waals surface area contributed by atoms with Gasteiger partial charge in [-0.3, -0.25) is 0 Å². The van der Waals surface area contributed by atoms with Crippen molar-refractivity contribution >= 4 is 0 Å². The zero-order valence-corrected chi connectivity index (χ0v) is 13.4. The number of likely N-dealkylation sites (tertiary alicyclic amines) is 1. The second-order valence-electron chi connectivity index (χ2n) is 6.34. The SMILES string of the molecule is CCCCc1cn(C2CCN(C[C@H](C)CC)CC2)nn1. The molecule has 1 aromatic rings. The van der Waals surface area contributed by atoms with Crippen LogP contribution in [0.2, 0.25) is 0 Å². The Morgan fingerprint density at radius 3 is 2.70 bits per heavy atom. The summed E-state index contributed by atoms with van der Waals surface area (Å²) in [5.74, 6) is 0.818. The summed E-state index contributed by atoms with van der Waals surface area (Å²) in [4.78, 5) is 2.61. The normalized spacial score (nSPS) is 19.4. The van der Waals surface area contributed by atoms with Gasteiger partial charge in [0.15, 0.2) is 0 Å². The van der Waals surface area contributed by atoms with Crippen LogP contribution in [-0.4, -0.2) is 39.5 Å². The van der Waals surface area contributed by atoms with Crippen molar-refractivity contribution in [1.82, 2.24) is 19.9 Å². The molecule has 0 aromatic carbocycles. The lowest BCUT2D eigenvalue weighted by Crippen LogP contribution is -2.37. The van der Waals surface area contributed by atoms with Crippen LogP contribution in [0.25, 0.3) is 0 Å². The van der Waals surface area contributed by atoms with Gasteiger partial charge in [0.2, 0.25) is 0 Å². The lowest BCUT2D eigenvalue weighted by atomic mass is 10.0. The standard InChI is InChI=1S/C16H30N4/c1-4-6-7-15-13-20(18-17-15)16-8-10-19(11-9-16)12-14(3)5-2/h13-14,16H,4-12H2,1-3H3/t14-/m1/s1. The van der Waals surface area contributed by atoms with Gasteiger partial charge in [-0.05, 0) is 31.6 Å². The smallest absolute Gasteiger partial charge is 0.0827 e. The van der Waals surface area contributed by atoms with E-state index in [2.05, 4.69) is 46.9 Å². The molecule has 0 N–H and O–H groups in total. The molecule has 0 unspecified atom stereocenters. The molecule has 20 heavy (non-hydrogen) atoms. The molecule has 0 amide bonds. The molecule has 0 radical (unpaired) electrons. The average molecular weight is 278 g/mol. The summed E-state index contributed by atoms with van der Waals surface area (Å²) in [6.45, 7) is 10.5. The number of nitrogens with zero attached hydrogens (tertiary/aromatic N) is 4. The monoisotopic (exact) mass is 278 g/mol. The number of rotatable bonds is 7. The van der Waals surface area contributed by atoms with Crippen LogP contribution in [0, 0.1) is 5.92 Å². The van der Waals surface area contributed by atoms with Crippen LogP contribution in [0.1, 0.15) is 64.6 Å². The molecule has 1 aliphatic rings. The maximum atomic E-state index is 4.34. The van der Waals surface area contributed by atoms with E-state index in [1.54, 1.807) is 0 Å². The third-order valence-electron chi connectivity index (χ3n) is 4.54. The van der Waals surface area contributed by atoms with Crippen LogP contribution in [-0.2, 0) is 6.42 Å². The highest BCUT2D eigenvalue weighted by Crippen LogP contribution is 2.22. The van der Waals surface area contributed by atoms with Gasteiger partial charge in [-0.15, -0.1) is 5.10 Å². The maximum Gasteiger partial charge on any atom is 0.0827 e. The first kappa shape index (κ1) is 15.5. The maximum absolute atomic E-state index is 4.34. The summed E-state index contributed by atoms with van der Waals surface area (Å²) >= 11 is 0. The highest BCUT2D eigenvalue weighted by Gasteiger charge is 2.22. The fraction of sp³-hybridized carbons (Fsp3) is 0.875. The van der Waals surface area contributed by atoms with Crippen LogP contribution in [0.15, 0.2) is 6.20 Å². The second kappa shape index (κ2) is 7.77. The molecule has 1 aliphatic heterocycles. The molecule has 1 saturated heterocycles. The molecule has 4 heteroatoms. The van der Waals surface area contributed by atoms with Crippen molar-refractivity contribution in [3.63, 3.8) is 0 Å². The van der Waals surface area contributed by atoms with Gasteiger partial charge < -0.3 is 4.90 Å². The molecule has 4 nitrogen and oxygen atoms in total. The van der Waals surface area contributed by atoms with Crippen LogP contribution in [0.5, 0.6) is 0 Å². The Kier molecular flexibility index (Phi) is 6.02. The van der Waals surface area contributed by atoms with E-state index in [1.807, 2.05) is 0 Å². The molecule has 114 valence electrons. The highest BCUT2D eigenvalue weighted by molar-refractivity contribution is 4.94. The number of unbranched alkanes of at least 4 members (excludes halogenated alkanes) is 1. The summed E-state index contributed by atoms with van der Waals surface area (Å²) in [5, 5.41) is 8.65. The largest absolute Gasteiger partial charge is 0.303 e. The third kappa shape index (κ3) is 4.30. The number of aromatic nitrogens is 3.